The summed E-state index contributed by atoms with van der Waals surface area (Å²) in [5.41, 5.74) is 0. The molecule has 0 aliphatic heterocycles. The number of H-pyrrole nitrogens is 1. The number of aromatic amines is 1. The lowest BCUT2D eigenvalue weighted by atomic mass is 10.5. The van der Waals surface area contributed by atoms with Crippen LogP contribution in [0.3, 0.4) is 0 Å². The monoisotopic (exact) mass is 196 g/mol. The predicted octanol–water partition coefficient (Wildman–Crippen LogP) is 2.76. The average molecular weight is 196 g/mol. The Hall–Kier alpha value is -0.740. The number of hydrogen-bond acceptors (Lipinski definition) is 3. The third-order valence-corrected chi connectivity index (χ3v) is 3.48. The van der Waals surface area contributed by atoms with E-state index in [1.165, 1.54) is 4.88 Å². The first-order valence-electron chi connectivity index (χ1n) is 3.60. The van der Waals surface area contributed by atoms with Crippen LogP contribution in [0.5, 0.6) is 0 Å². The molecule has 0 aliphatic rings. The van der Waals surface area contributed by atoms with Crippen molar-refractivity contribution >= 4 is 23.1 Å². The number of nitrogens with one attached hydrogen (secondary N) is 1. The second kappa shape index (κ2) is 3.78. The van der Waals surface area contributed by atoms with Crippen LogP contribution in [0.1, 0.15) is 4.88 Å². The normalized spacial score (nSPS) is 10.3. The molecular weight excluding hydrogens is 188 g/mol. The SMILES string of the molecule is c1csc(CSc2ccn[nH]2)c1. The molecule has 0 saturated carbocycles. The first-order valence-corrected chi connectivity index (χ1v) is 5.46. The Labute approximate surface area is 79.0 Å². The van der Waals surface area contributed by atoms with Gasteiger partial charge in [-0.1, -0.05) is 6.07 Å². The fourth-order valence-corrected chi connectivity index (χ4v) is 2.47. The van der Waals surface area contributed by atoms with Gasteiger partial charge >= 0.3 is 0 Å². The maximum atomic E-state index is 3.88. The summed E-state index contributed by atoms with van der Waals surface area (Å²) in [7, 11) is 0. The van der Waals surface area contributed by atoms with Gasteiger partial charge in [0.1, 0.15) is 0 Å². The van der Waals surface area contributed by atoms with Crippen molar-refractivity contribution in [1.29, 1.82) is 0 Å². The van der Waals surface area contributed by atoms with Gasteiger partial charge in [-0.05, 0) is 17.5 Å². The molecule has 0 spiro atoms. The van der Waals surface area contributed by atoms with E-state index in [9.17, 15) is 0 Å². The average Bonchev–Trinajstić information content (AvgIpc) is 2.74. The molecule has 2 nitrogen and oxygen atoms in total. The number of hydrogen-bond donors (Lipinski definition) is 1. The smallest absolute Gasteiger partial charge is 0.0911 e. The molecule has 0 saturated heterocycles. The highest BCUT2D eigenvalue weighted by Gasteiger charge is 1.96. The maximum absolute atomic E-state index is 3.88. The number of aromatic nitrogens is 2. The second-order valence-corrected chi connectivity index (χ2v) is 4.34. The van der Waals surface area contributed by atoms with E-state index in [4.69, 9.17) is 0 Å². The third-order valence-electron chi connectivity index (χ3n) is 1.43. The minimum Gasteiger partial charge on any atom is -0.272 e. The van der Waals surface area contributed by atoms with Gasteiger partial charge in [0.15, 0.2) is 0 Å². The Balaban J connectivity index is 1.91. The van der Waals surface area contributed by atoms with Crippen molar-refractivity contribution in [3.8, 4) is 0 Å². The first-order chi connectivity index (χ1) is 5.95. The van der Waals surface area contributed by atoms with E-state index in [1.807, 2.05) is 6.07 Å². The molecule has 62 valence electrons. The summed E-state index contributed by atoms with van der Waals surface area (Å²) in [6, 6.07) is 6.21. The topological polar surface area (TPSA) is 28.7 Å². The van der Waals surface area contributed by atoms with E-state index in [2.05, 4.69) is 27.7 Å². The zero-order chi connectivity index (χ0) is 8.23. The Morgan fingerprint density at radius 3 is 3.17 bits per heavy atom. The highest BCUT2D eigenvalue weighted by molar-refractivity contribution is 7.98. The van der Waals surface area contributed by atoms with E-state index in [0.717, 1.165) is 10.8 Å². The van der Waals surface area contributed by atoms with Crippen LogP contribution >= 0.6 is 23.1 Å². The molecule has 0 fully saturated rings. The molecule has 0 amide bonds. The van der Waals surface area contributed by atoms with Crippen molar-refractivity contribution in [1.82, 2.24) is 10.2 Å². The molecule has 0 bridgehead atoms. The molecule has 12 heavy (non-hydrogen) atoms. The molecule has 2 aromatic rings. The zero-order valence-electron chi connectivity index (χ0n) is 6.36. The molecular formula is C8H8N2S2. The number of nitrogens with zero attached hydrogens (tertiary/aromatic N) is 1. The van der Waals surface area contributed by atoms with Gasteiger partial charge in [0.25, 0.3) is 0 Å². The molecule has 0 unspecified atom stereocenters. The molecule has 0 radical (unpaired) electrons. The van der Waals surface area contributed by atoms with Gasteiger partial charge in [0, 0.05) is 16.8 Å². The van der Waals surface area contributed by atoms with Crippen LogP contribution in [0.25, 0.3) is 0 Å². The van der Waals surface area contributed by atoms with Crippen LogP contribution in [0, 0.1) is 0 Å². The first kappa shape index (κ1) is 7.89. The molecule has 4 heteroatoms. The molecule has 2 rings (SSSR count). The van der Waals surface area contributed by atoms with Crippen molar-refractivity contribution in [2.75, 3.05) is 0 Å². The van der Waals surface area contributed by atoms with Gasteiger partial charge in [0.05, 0.1) is 5.03 Å². The van der Waals surface area contributed by atoms with Crippen molar-refractivity contribution in [3.05, 3.63) is 34.7 Å². The Kier molecular flexibility index (Phi) is 2.48. The quantitative estimate of drug-likeness (QED) is 0.765. The molecule has 0 aromatic carbocycles. The molecule has 1 N–H and O–H groups in total. The summed E-state index contributed by atoms with van der Waals surface area (Å²) in [6.45, 7) is 0. The van der Waals surface area contributed by atoms with E-state index in [1.54, 1.807) is 29.3 Å². The van der Waals surface area contributed by atoms with Gasteiger partial charge in [0.2, 0.25) is 0 Å². The third kappa shape index (κ3) is 1.89. The fraction of sp³-hybridized carbons (Fsp3) is 0.125. The van der Waals surface area contributed by atoms with Gasteiger partial charge < -0.3 is 0 Å². The highest BCUT2D eigenvalue weighted by Crippen LogP contribution is 2.22. The minimum atomic E-state index is 1.03. The van der Waals surface area contributed by atoms with Gasteiger partial charge in [-0.3, -0.25) is 5.10 Å². The van der Waals surface area contributed by atoms with E-state index < -0.39 is 0 Å². The Bertz CT molecular complexity index is 278. The van der Waals surface area contributed by atoms with Crippen LogP contribution in [-0.2, 0) is 5.75 Å². The van der Waals surface area contributed by atoms with Crippen LogP contribution in [0.4, 0.5) is 0 Å². The van der Waals surface area contributed by atoms with Crippen molar-refractivity contribution in [3.63, 3.8) is 0 Å². The molecule has 0 atom stereocenters. The van der Waals surface area contributed by atoms with Crippen LogP contribution < -0.4 is 0 Å². The lowest BCUT2D eigenvalue weighted by molar-refractivity contribution is 1.00. The van der Waals surface area contributed by atoms with Crippen molar-refractivity contribution < 1.29 is 0 Å². The zero-order valence-corrected chi connectivity index (χ0v) is 7.99. The van der Waals surface area contributed by atoms with E-state index in [0.29, 0.717) is 0 Å². The lowest BCUT2D eigenvalue weighted by Gasteiger charge is -1.93. The van der Waals surface area contributed by atoms with Gasteiger partial charge in [-0.25, -0.2) is 0 Å². The van der Waals surface area contributed by atoms with Crippen LogP contribution in [0.15, 0.2) is 34.8 Å². The summed E-state index contributed by atoms with van der Waals surface area (Å²) in [5.74, 6) is 1.03. The summed E-state index contributed by atoms with van der Waals surface area (Å²) < 4.78 is 0. The fourth-order valence-electron chi connectivity index (χ4n) is 0.867. The van der Waals surface area contributed by atoms with Gasteiger partial charge in [-0.2, -0.15) is 5.10 Å². The van der Waals surface area contributed by atoms with Crippen LogP contribution in [-0.4, -0.2) is 10.2 Å². The summed E-state index contributed by atoms with van der Waals surface area (Å²) in [6.07, 6.45) is 1.77. The summed E-state index contributed by atoms with van der Waals surface area (Å²) in [4.78, 5) is 1.40. The molecule has 2 aromatic heterocycles. The largest absolute Gasteiger partial charge is 0.272 e. The molecule has 0 aliphatic carbocycles. The lowest BCUT2D eigenvalue weighted by Crippen LogP contribution is -1.74. The van der Waals surface area contributed by atoms with E-state index in [-0.39, 0.29) is 0 Å². The molecule has 2 heterocycles. The summed E-state index contributed by atoms with van der Waals surface area (Å²) in [5, 5.41) is 10.0. The van der Waals surface area contributed by atoms with Crippen molar-refractivity contribution in [2.24, 2.45) is 0 Å². The predicted molar refractivity (Wildman–Crippen MR) is 52.5 cm³/mol. The van der Waals surface area contributed by atoms with E-state index >= 15 is 0 Å². The van der Waals surface area contributed by atoms with Crippen LogP contribution in [0.2, 0.25) is 0 Å². The second-order valence-electron chi connectivity index (χ2n) is 2.29. The maximum Gasteiger partial charge on any atom is 0.0911 e. The number of rotatable bonds is 3. The van der Waals surface area contributed by atoms with Gasteiger partial charge in [-0.15, -0.1) is 23.1 Å². The Morgan fingerprint density at radius 1 is 1.50 bits per heavy atom. The number of thioether (sulfide) groups is 1. The Morgan fingerprint density at radius 2 is 2.50 bits per heavy atom. The minimum absolute atomic E-state index is 1.03. The van der Waals surface area contributed by atoms with Crippen molar-refractivity contribution in [2.45, 2.75) is 10.8 Å². The summed E-state index contributed by atoms with van der Waals surface area (Å²) >= 11 is 3.57. The highest BCUT2D eigenvalue weighted by atomic mass is 32.2. The standard InChI is InChI=1S/C8H8N2S2/c1-2-7(11-5-1)6-12-8-3-4-9-10-8/h1-5H,6H2,(H,9,10). The number of thiophene rings is 1.